The van der Waals surface area contributed by atoms with Crippen LogP contribution < -0.4 is 5.32 Å². The summed E-state index contributed by atoms with van der Waals surface area (Å²) in [6.07, 6.45) is 1.61. The fraction of sp³-hybridized carbons (Fsp3) is 0.652. The van der Waals surface area contributed by atoms with E-state index in [0.29, 0.717) is 19.7 Å². The van der Waals surface area contributed by atoms with Gasteiger partial charge in [0, 0.05) is 66.0 Å². The van der Waals surface area contributed by atoms with Crippen molar-refractivity contribution in [2.75, 3.05) is 66.1 Å². The molecule has 9 heteroatoms. The van der Waals surface area contributed by atoms with Gasteiger partial charge in [0.25, 0.3) is 5.91 Å². The molecule has 1 N–H and O–H groups in total. The van der Waals surface area contributed by atoms with Gasteiger partial charge in [-0.3, -0.25) is 14.7 Å². The Hall–Kier alpha value is -1.43. The largest absolute Gasteiger partial charge is 0.379 e. The summed E-state index contributed by atoms with van der Waals surface area (Å²) in [4.78, 5) is 23.7. The Morgan fingerprint density at radius 2 is 1.72 bits per heavy atom. The molecule has 178 valence electrons. The number of guanidine groups is 1. The number of hydrogen-bond acceptors (Lipinski definition) is 5. The minimum Gasteiger partial charge on any atom is -0.379 e. The molecule has 1 atom stereocenters. The molecule has 0 saturated carbocycles. The Bertz CT molecular complexity index is 758. The van der Waals surface area contributed by atoms with Gasteiger partial charge in [-0.25, -0.2) is 0 Å². The molecule has 4 rings (SSSR count). The molecule has 0 spiro atoms. The maximum absolute atomic E-state index is 12.6. The molecule has 1 unspecified atom stereocenters. The number of carbonyl (C=O) groups is 1. The Kier molecular flexibility index (Phi) is 10.0. The van der Waals surface area contributed by atoms with Crippen LogP contribution in [0, 0.1) is 0 Å². The minimum absolute atomic E-state index is 0. The number of aliphatic imine (C=N–C) groups is 1. The lowest BCUT2D eigenvalue weighted by Crippen LogP contribution is -2.55. The van der Waals surface area contributed by atoms with Crippen LogP contribution in [0.4, 0.5) is 0 Å². The molecule has 1 aromatic rings. The summed E-state index contributed by atoms with van der Waals surface area (Å²) >= 11 is 0. The first-order valence-electron chi connectivity index (χ1n) is 11.5. The van der Waals surface area contributed by atoms with Gasteiger partial charge in [0.05, 0.1) is 13.2 Å². The summed E-state index contributed by atoms with van der Waals surface area (Å²) in [5.41, 5.74) is 2.64. The van der Waals surface area contributed by atoms with Gasteiger partial charge in [0.2, 0.25) is 0 Å². The van der Waals surface area contributed by atoms with E-state index in [2.05, 4.69) is 44.4 Å². The van der Waals surface area contributed by atoms with Crippen LogP contribution in [0.25, 0.3) is 0 Å². The van der Waals surface area contributed by atoms with E-state index in [4.69, 9.17) is 9.47 Å². The van der Waals surface area contributed by atoms with Crippen LogP contribution >= 0.6 is 24.0 Å². The number of morpholine rings is 1. The van der Waals surface area contributed by atoms with Crippen molar-refractivity contribution in [2.24, 2.45) is 4.99 Å². The third kappa shape index (κ3) is 6.55. The van der Waals surface area contributed by atoms with Crippen LogP contribution in [0.5, 0.6) is 0 Å². The predicted molar refractivity (Wildman–Crippen MR) is 135 cm³/mol. The van der Waals surface area contributed by atoms with Crippen LogP contribution in [-0.2, 0) is 27.4 Å². The van der Waals surface area contributed by atoms with Crippen LogP contribution in [0.1, 0.15) is 24.0 Å². The fourth-order valence-electron chi connectivity index (χ4n) is 4.51. The molecular weight excluding hydrogens is 521 g/mol. The molecule has 0 bridgehead atoms. The average molecular weight is 557 g/mol. The first kappa shape index (κ1) is 25.2. The number of rotatable bonds is 5. The molecule has 32 heavy (non-hydrogen) atoms. The topological polar surface area (TPSA) is 69.6 Å². The van der Waals surface area contributed by atoms with E-state index in [1.165, 1.54) is 11.1 Å². The molecular formula is C23H36IN5O3. The van der Waals surface area contributed by atoms with E-state index in [-0.39, 0.29) is 36.0 Å². The van der Waals surface area contributed by atoms with Crippen molar-refractivity contribution in [3.63, 3.8) is 0 Å². The third-order valence-electron chi connectivity index (χ3n) is 6.36. The normalized spacial score (nSPS) is 22.5. The second-order valence-electron chi connectivity index (χ2n) is 8.37. The molecule has 0 aliphatic carbocycles. The van der Waals surface area contributed by atoms with E-state index in [1.54, 1.807) is 0 Å². The summed E-state index contributed by atoms with van der Waals surface area (Å²) in [5.74, 6) is 1.04. The standard InChI is InChI=1S/C23H35N5O3.HI/c1-24-23(28-10-8-27(9-11-28)22(29)21-7-4-14-31-21)25-17-19-5-2-3-6-20(19)18-26-12-15-30-16-13-26;/h2-3,5-6,21H,4,7-18H2,1H3,(H,24,25);1H. The molecule has 1 aromatic carbocycles. The highest BCUT2D eigenvalue weighted by atomic mass is 127. The molecule has 1 amide bonds. The highest BCUT2D eigenvalue weighted by molar-refractivity contribution is 14.0. The number of nitrogens with one attached hydrogen (secondary N) is 1. The quantitative estimate of drug-likeness (QED) is 0.337. The van der Waals surface area contributed by atoms with Crippen LogP contribution in [0.15, 0.2) is 29.3 Å². The first-order chi connectivity index (χ1) is 15.2. The lowest BCUT2D eigenvalue weighted by molar-refractivity contribution is -0.142. The van der Waals surface area contributed by atoms with Gasteiger partial charge in [-0.05, 0) is 24.0 Å². The van der Waals surface area contributed by atoms with Gasteiger partial charge in [-0.15, -0.1) is 24.0 Å². The van der Waals surface area contributed by atoms with Gasteiger partial charge in [-0.1, -0.05) is 24.3 Å². The molecule has 0 radical (unpaired) electrons. The fourth-order valence-corrected chi connectivity index (χ4v) is 4.51. The van der Waals surface area contributed by atoms with Gasteiger partial charge < -0.3 is 24.6 Å². The van der Waals surface area contributed by atoms with Crippen molar-refractivity contribution in [1.82, 2.24) is 20.0 Å². The Morgan fingerprint density at radius 1 is 1.03 bits per heavy atom. The SMILES string of the molecule is CN=C(NCc1ccccc1CN1CCOCC1)N1CCN(C(=O)C2CCCO2)CC1.I. The number of ether oxygens (including phenoxy) is 2. The molecule has 3 saturated heterocycles. The second-order valence-corrected chi connectivity index (χ2v) is 8.37. The molecule has 0 aromatic heterocycles. The highest BCUT2D eigenvalue weighted by Crippen LogP contribution is 2.16. The van der Waals surface area contributed by atoms with Crippen molar-refractivity contribution in [2.45, 2.75) is 32.0 Å². The van der Waals surface area contributed by atoms with E-state index in [0.717, 1.165) is 71.3 Å². The smallest absolute Gasteiger partial charge is 0.251 e. The summed E-state index contributed by atoms with van der Waals surface area (Å²) < 4.78 is 11.0. The maximum Gasteiger partial charge on any atom is 0.251 e. The van der Waals surface area contributed by atoms with Crippen molar-refractivity contribution >= 4 is 35.8 Å². The van der Waals surface area contributed by atoms with Crippen LogP contribution in [-0.4, -0.2) is 98.8 Å². The van der Waals surface area contributed by atoms with Gasteiger partial charge in [0.15, 0.2) is 5.96 Å². The average Bonchev–Trinajstić information content (AvgIpc) is 3.36. The zero-order valence-corrected chi connectivity index (χ0v) is 21.3. The minimum atomic E-state index is -0.230. The van der Waals surface area contributed by atoms with E-state index >= 15 is 0 Å². The van der Waals surface area contributed by atoms with Crippen LogP contribution in [0.3, 0.4) is 0 Å². The Labute approximate surface area is 208 Å². The number of nitrogens with zero attached hydrogens (tertiary/aromatic N) is 4. The maximum atomic E-state index is 12.6. The highest BCUT2D eigenvalue weighted by Gasteiger charge is 2.30. The predicted octanol–water partition coefficient (Wildman–Crippen LogP) is 1.54. The first-order valence-corrected chi connectivity index (χ1v) is 11.5. The van der Waals surface area contributed by atoms with Gasteiger partial charge in [0.1, 0.15) is 6.10 Å². The number of benzene rings is 1. The zero-order valence-electron chi connectivity index (χ0n) is 19.0. The zero-order chi connectivity index (χ0) is 21.5. The van der Waals surface area contributed by atoms with E-state index in [9.17, 15) is 4.79 Å². The van der Waals surface area contributed by atoms with Crippen molar-refractivity contribution in [3.05, 3.63) is 35.4 Å². The van der Waals surface area contributed by atoms with E-state index < -0.39 is 0 Å². The molecule has 3 fully saturated rings. The second kappa shape index (κ2) is 12.7. The van der Waals surface area contributed by atoms with Gasteiger partial charge >= 0.3 is 0 Å². The molecule has 3 heterocycles. The van der Waals surface area contributed by atoms with Crippen molar-refractivity contribution in [1.29, 1.82) is 0 Å². The van der Waals surface area contributed by atoms with Crippen LogP contribution in [0.2, 0.25) is 0 Å². The molecule has 8 nitrogen and oxygen atoms in total. The number of amides is 1. The molecule has 3 aliphatic rings. The van der Waals surface area contributed by atoms with Gasteiger partial charge in [-0.2, -0.15) is 0 Å². The number of carbonyl (C=O) groups excluding carboxylic acids is 1. The Morgan fingerprint density at radius 3 is 2.38 bits per heavy atom. The summed E-state index contributed by atoms with van der Waals surface area (Å²) in [7, 11) is 1.83. The number of hydrogen-bond donors (Lipinski definition) is 1. The molecule has 3 aliphatic heterocycles. The number of halogens is 1. The van der Waals surface area contributed by atoms with E-state index in [1.807, 2.05) is 11.9 Å². The monoisotopic (exact) mass is 557 g/mol. The summed E-state index contributed by atoms with van der Waals surface area (Å²) in [6.45, 7) is 8.99. The van der Waals surface area contributed by atoms with Crippen molar-refractivity contribution in [3.8, 4) is 0 Å². The lowest BCUT2D eigenvalue weighted by atomic mass is 10.1. The summed E-state index contributed by atoms with van der Waals surface area (Å²) in [5, 5.41) is 3.54. The third-order valence-corrected chi connectivity index (χ3v) is 6.36. The lowest BCUT2D eigenvalue weighted by Gasteiger charge is -2.37. The number of piperazine rings is 1. The Balaban J connectivity index is 0.00000289. The van der Waals surface area contributed by atoms with Crippen molar-refractivity contribution < 1.29 is 14.3 Å². The summed E-state index contributed by atoms with van der Waals surface area (Å²) in [6, 6.07) is 8.61.